The summed E-state index contributed by atoms with van der Waals surface area (Å²) in [6.07, 6.45) is 5.15. The molecular formula is C52H38N4O. The standard InChI is InChI=1S/C52H38N4O/c1-49(2)42-11-7-6-10-38(42)39-19-14-32(22-43(39)49)47-54-46(31-8-4-3-5-9-31)55-48(56-47)33-15-20-40-41-25-35(18-21-44(41)57-45(40)23-33)51-27-37-24-36-26-50(29-51,52(36,37)51)34-16-12-30(28-53)13-17-34/h3-23,25,36-37H,24,26-27,29H2,1-2H3. The van der Waals surface area contributed by atoms with Crippen molar-refractivity contribution in [2.45, 2.75) is 55.8 Å². The monoisotopic (exact) mass is 734 g/mol. The molecule has 0 aliphatic heterocycles. The van der Waals surface area contributed by atoms with Gasteiger partial charge in [0, 0.05) is 43.7 Å². The number of hydrogen-bond acceptors (Lipinski definition) is 5. The van der Waals surface area contributed by atoms with Gasteiger partial charge >= 0.3 is 0 Å². The fourth-order valence-electron chi connectivity index (χ4n) is 13.3. The third-order valence-electron chi connectivity index (χ3n) is 15.6. The predicted octanol–water partition coefficient (Wildman–Crippen LogP) is 12.0. The normalized spacial score (nSPS) is 26.5. The molecule has 0 saturated heterocycles. The molecule has 5 heteroatoms. The summed E-state index contributed by atoms with van der Waals surface area (Å²) in [7, 11) is 0. The third-order valence-corrected chi connectivity index (χ3v) is 15.6. The van der Waals surface area contributed by atoms with Gasteiger partial charge in [-0.15, -0.1) is 0 Å². The molecule has 0 amide bonds. The Morgan fingerprint density at radius 3 is 1.98 bits per heavy atom. The molecule has 0 radical (unpaired) electrons. The zero-order valence-corrected chi connectivity index (χ0v) is 31.9. The first-order chi connectivity index (χ1) is 27.8. The fraction of sp³-hybridized carbons (Fsp3) is 0.231. The zero-order valence-electron chi connectivity index (χ0n) is 31.9. The average molecular weight is 735 g/mol. The number of nitrogens with zero attached hydrogens (tertiary/aromatic N) is 4. The first-order valence-corrected chi connectivity index (χ1v) is 20.4. The molecule has 5 aliphatic carbocycles. The molecule has 0 N–H and O–H groups in total. The Bertz CT molecular complexity index is 3100. The van der Waals surface area contributed by atoms with Crippen molar-refractivity contribution >= 4 is 21.9 Å². The Balaban J connectivity index is 0.891. The minimum absolute atomic E-state index is 0.129. The maximum absolute atomic E-state index is 9.43. The van der Waals surface area contributed by atoms with Gasteiger partial charge < -0.3 is 4.42 Å². The molecule has 13 rings (SSSR count). The van der Waals surface area contributed by atoms with E-state index in [0.29, 0.717) is 22.9 Å². The van der Waals surface area contributed by atoms with Crippen LogP contribution in [-0.4, -0.2) is 15.0 Å². The van der Waals surface area contributed by atoms with Crippen LogP contribution < -0.4 is 0 Å². The summed E-state index contributed by atoms with van der Waals surface area (Å²) in [6.45, 7) is 4.61. The van der Waals surface area contributed by atoms with Crippen molar-refractivity contribution in [2.75, 3.05) is 0 Å². The van der Waals surface area contributed by atoms with Crippen LogP contribution in [-0.2, 0) is 16.2 Å². The van der Waals surface area contributed by atoms with Crippen LogP contribution in [0.15, 0.2) is 138 Å². The maximum atomic E-state index is 9.43. The van der Waals surface area contributed by atoms with Gasteiger partial charge in [-0.25, -0.2) is 15.0 Å². The van der Waals surface area contributed by atoms with Crippen molar-refractivity contribution in [3.05, 3.63) is 161 Å². The molecule has 1 spiro atoms. The predicted molar refractivity (Wildman–Crippen MR) is 223 cm³/mol. The summed E-state index contributed by atoms with van der Waals surface area (Å²) >= 11 is 0. The quantitative estimate of drug-likeness (QED) is 0.176. The summed E-state index contributed by atoms with van der Waals surface area (Å²) in [5.41, 5.74) is 14.2. The van der Waals surface area contributed by atoms with Gasteiger partial charge in [0.2, 0.25) is 0 Å². The Kier molecular flexibility index (Phi) is 5.86. The molecular weight excluding hydrogens is 697 g/mol. The summed E-state index contributed by atoms with van der Waals surface area (Å²) in [5, 5.41) is 11.7. The number of benzene rings is 6. The molecule has 8 aromatic rings. The van der Waals surface area contributed by atoms with Crippen molar-refractivity contribution in [3.63, 3.8) is 0 Å². The van der Waals surface area contributed by atoms with E-state index in [2.05, 4.69) is 123 Å². The highest BCUT2D eigenvalue weighted by Gasteiger charge is 2.93. The lowest BCUT2D eigenvalue weighted by atomic mass is 9.07. The van der Waals surface area contributed by atoms with Crippen molar-refractivity contribution < 1.29 is 4.42 Å². The number of fused-ring (bicyclic) bond motifs is 6. The molecule has 4 saturated carbocycles. The number of furan rings is 1. The van der Waals surface area contributed by atoms with E-state index in [9.17, 15) is 5.26 Å². The Morgan fingerprint density at radius 2 is 1.23 bits per heavy atom. The van der Waals surface area contributed by atoms with Gasteiger partial charge in [-0.3, -0.25) is 0 Å². The molecule has 2 heterocycles. The number of nitriles is 1. The molecule has 4 fully saturated rings. The number of hydrogen-bond donors (Lipinski definition) is 0. The molecule has 2 aromatic heterocycles. The van der Waals surface area contributed by atoms with E-state index >= 15 is 0 Å². The van der Waals surface area contributed by atoms with Crippen LogP contribution in [0.2, 0.25) is 0 Å². The fourth-order valence-corrected chi connectivity index (χ4v) is 13.3. The van der Waals surface area contributed by atoms with E-state index < -0.39 is 0 Å². The van der Waals surface area contributed by atoms with E-state index in [-0.39, 0.29) is 16.2 Å². The van der Waals surface area contributed by atoms with Crippen molar-refractivity contribution in [1.82, 2.24) is 15.0 Å². The van der Waals surface area contributed by atoms with Gasteiger partial charge in [0.25, 0.3) is 0 Å². The van der Waals surface area contributed by atoms with E-state index in [1.54, 1.807) is 0 Å². The van der Waals surface area contributed by atoms with E-state index in [4.69, 9.17) is 19.4 Å². The number of aromatic nitrogens is 3. The number of rotatable bonds is 5. The Labute approximate surface area is 331 Å². The van der Waals surface area contributed by atoms with Gasteiger partial charge in [-0.1, -0.05) is 105 Å². The molecule has 5 nitrogen and oxygen atoms in total. The maximum Gasteiger partial charge on any atom is 0.164 e. The second kappa shape index (κ2) is 10.5. The summed E-state index contributed by atoms with van der Waals surface area (Å²) < 4.78 is 6.62. The summed E-state index contributed by atoms with van der Waals surface area (Å²) in [6, 6.07) is 49.9. The third kappa shape index (κ3) is 3.73. The molecule has 57 heavy (non-hydrogen) atoms. The van der Waals surface area contributed by atoms with Crippen LogP contribution in [0, 0.1) is 28.6 Å². The Hall–Kier alpha value is -6.38. The lowest BCUT2D eigenvalue weighted by molar-refractivity contribution is -0.412. The van der Waals surface area contributed by atoms with Gasteiger partial charge in [0.05, 0.1) is 11.6 Å². The van der Waals surface area contributed by atoms with E-state index in [1.165, 1.54) is 64.5 Å². The highest BCUT2D eigenvalue weighted by molar-refractivity contribution is 6.06. The SMILES string of the molecule is CC1(C)c2ccccc2-c2ccc(-c3nc(-c4ccccc4)nc(-c4ccc5c(c4)oc4ccc(C67CC8CC9CC(c%10ccc(C#N)cc%10)(C6)C987)cc45)n3)cc21. The van der Waals surface area contributed by atoms with Crippen molar-refractivity contribution in [3.8, 4) is 51.4 Å². The first-order valence-electron chi connectivity index (χ1n) is 20.4. The summed E-state index contributed by atoms with van der Waals surface area (Å²) in [4.78, 5) is 15.3. The van der Waals surface area contributed by atoms with Gasteiger partial charge in [-0.2, -0.15) is 5.26 Å². The summed E-state index contributed by atoms with van der Waals surface area (Å²) in [5.74, 6) is 3.55. The van der Waals surface area contributed by atoms with Gasteiger partial charge in [0.15, 0.2) is 17.5 Å². The largest absolute Gasteiger partial charge is 0.456 e. The molecule has 5 atom stereocenters. The zero-order chi connectivity index (χ0) is 37.9. The molecule has 5 unspecified atom stereocenters. The Morgan fingerprint density at radius 1 is 0.579 bits per heavy atom. The lowest BCUT2D eigenvalue weighted by Gasteiger charge is -2.96. The second-order valence-electron chi connectivity index (χ2n) is 18.1. The van der Waals surface area contributed by atoms with Crippen LogP contribution in [0.5, 0.6) is 0 Å². The second-order valence-corrected chi connectivity index (χ2v) is 18.1. The average Bonchev–Trinajstić information content (AvgIpc) is 3.71. The minimum atomic E-state index is -0.129. The van der Waals surface area contributed by atoms with Crippen LogP contribution in [0.4, 0.5) is 0 Å². The minimum Gasteiger partial charge on any atom is -0.456 e. The topological polar surface area (TPSA) is 75.6 Å². The van der Waals surface area contributed by atoms with E-state index in [0.717, 1.165) is 50.6 Å². The highest BCUT2D eigenvalue weighted by atomic mass is 16.3. The molecule has 6 aromatic carbocycles. The molecule has 272 valence electrons. The van der Waals surface area contributed by atoms with Gasteiger partial charge in [-0.05, 0) is 119 Å². The van der Waals surface area contributed by atoms with Crippen LogP contribution >= 0.6 is 0 Å². The highest BCUT2D eigenvalue weighted by Crippen LogP contribution is 2.97. The lowest BCUT2D eigenvalue weighted by Crippen LogP contribution is -2.93. The van der Waals surface area contributed by atoms with Crippen molar-refractivity contribution in [2.24, 2.45) is 17.3 Å². The van der Waals surface area contributed by atoms with Crippen LogP contribution in [0.1, 0.15) is 67.3 Å². The molecule has 0 bridgehead atoms. The smallest absolute Gasteiger partial charge is 0.164 e. The molecule has 5 aliphatic rings. The first kappa shape index (κ1) is 31.8. The van der Waals surface area contributed by atoms with Crippen LogP contribution in [0.3, 0.4) is 0 Å². The van der Waals surface area contributed by atoms with Crippen molar-refractivity contribution in [1.29, 1.82) is 5.26 Å². The van der Waals surface area contributed by atoms with Crippen LogP contribution in [0.25, 0.3) is 67.2 Å². The van der Waals surface area contributed by atoms with Gasteiger partial charge in [0.1, 0.15) is 11.2 Å². The van der Waals surface area contributed by atoms with E-state index in [1.807, 2.05) is 30.3 Å².